The lowest BCUT2D eigenvalue weighted by Gasteiger charge is -2.27. The van der Waals surface area contributed by atoms with Crippen LogP contribution in [0.25, 0.3) is 0 Å². The van der Waals surface area contributed by atoms with Crippen molar-refractivity contribution in [1.29, 1.82) is 0 Å². The quantitative estimate of drug-likeness (QED) is 0.543. The summed E-state index contributed by atoms with van der Waals surface area (Å²) in [5.41, 5.74) is 2.45. The number of fused-ring (bicyclic) bond motifs is 1. The van der Waals surface area contributed by atoms with Crippen molar-refractivity contribution in [2.24, 2.45) is 5.92 Å². The number of anilines is 2. The van der Waals surface area contributed by atoms with Crippen molar-refractivity contribution in [3.05, 3.63) is 66.3 Å². The van der Waals surface area contributed by atoms with Gasteiger partial charge in [-0.25, -0.2) is 4.79 Å². The summed E-state index contributed by atoms with van der Waals surface area (Å²) < 4.78 is 17.5. The minimum Gasteiger partial charge on any atom is -0.493 e. The number of carbonyl (C=O) groups excluding carboxylic acids is 3. The maximum absolute atomic E-state index is 13.7. The number of benzene rings is 2. The third kappa shape index (κ3) is 4.97. The Kier molecular flexibility index (Phi) is 7.42. The van der Waals surface area contributed by atoms with Gasteiger partial charge in [0.25, 0.3) is 5.91 Å². The van der Waals surface area contributed by atoms with E-state index in [9.17, 15) is 14.4 Å². The Morgan fingerprint density at radius 2 is 1.65 bits per heavy atom. The summed E-state index contributed by atoms with van der Waals surface area (Å²) in [5, 5.41) is 2.84. The van der Waals surface area contributed by atoms with Gasteiger partial charge in [-0.15, -0.1) is 4.90 Å². The maximum Gasteiger partial charge on any atom is 0.506 e. The van der Waals surface area contributed by atoms with Crippen LogP contribution in [0.3, 0.4) is 0 Å². The lowest BCUT2D eigenvalue weighted by Crippen LogP contribution is -2.56. The number of rotatable bonds is 8. The van der Waals surface area contributed by atoms with Crippen LogP contribution in [-0.2, 0) is 9.59 Å². The summed E-state index contributed by atoms with van der Waals surface area (Å²) in [6.07, 6.45) is 6.85. The Bertz CT molecular complexity index is 1300. The van der Waals surface area contributed by atoms with Gasteiger partial charge < -0.3 is 19.5 Å². The molecule has 0 spiro atoms. The Morgan fingerprint density at radius 3 is 2.22 bits per heavy atom. The molecule has 1 atom stereocenters. The second kappa shape index (κ2) is 10.7. The molecule has 9 heteroatoms. The number of urea groups is 1. The van der Waals surface area contributed by atoms with E-state index in [2.05, 4.69) is 19.2 Å². The second-order valence-corrected chi connectivity index (χ2v) is 8.90. The molecule has 0 bridgehead atoms. The predicted octanol–water partition coefficient (Wildman–Crippen LogP) is 4.14. The summed E-state index contributed by atoms with van der Waals surface area (Å²) in [4.78, 5) is 41.2. The molecule has 2 aliphatic rings. The third-order valence-corrected chi connectivity index (χ3v) is 6.29. The molecule has 1 aliphatic heterocycles. The first kappa shape index (κ1) is 25.7. The van der Waals surface area contributed by atoms with Crippen LogP contribution in [0.4, 0.5) is 16.2 Å². The van der Waals surface area contributed by atoms with E-state index in [4.69, 9.17) is 14.2 Å². The second-order valence-electron chi connectivity index (χ2n) is 8.90. The van der Waals surface area contributed by atoms with E-state index in [-0.39, 0.29) is 18.1 Å². The van der Waals surface area contributed by atoms with Crippen LogP contribution in [-0.4, -0.2) is 56.0 Å². The lowest BCUT2D eigenvalue weighted by atomic mass is 9.94. The molecular weight excluding hydrogens is 474 g/mol. The van der Waals surface area contributed by atoms with Crippen LogP contribution in [0.15, 0.2) is 60.7 Å². The van der Waals surface area contributed by atoms with Gasteiger partial charge in [-0.05, 0) is 29.7 Å². The van der Waals surface area contributed by atoms with E-state index in [1.807, 2.05) is 24.3 Å². The standard InChI is InChI=1S/C28H29N3O6/c1-17(2)18-10-12-19(13-11-18)29-25(32)16-30-22-9-7-6-8-21(22)27(33)31(28(30)34)20-14-23(35-3)26(37-5)24(15-20)36-4/h6-15,17,21H,16H2,1-5H3/p+1. The van der Waals surface area contributed by atoms with Gasteiger partial charge in [0.1, 0.15) is 17.3 Å². The maximum atomic E-state index is 13.7. The minimum absolute atomic E-state index is 0.237. The monoisotopic (exact) mass is 504 g/mol. The highest BCUT2D eigenvalue weighted by atomic mass is 16.5. The number of ether oxygens (including phenoxy) is 3. The number of hydrogen-bond acceptors (Lipinski definition) is 6. The number of nitrogens with zero attached hydrogens (tertiary/aromatic N) is 2. The van der Waals surface area contributed by atoms with E-state index < -0.39 is 17.9 Å². The van der Waals surface area contributed by atoms with Crippen molar-refractivity contribution >= 4 is 34.9 Å². The Balaban J connectivity index is 1.68. The fraction of sp³-hybridized carbons (Fsp3) is 0.286. The van der Waals surface area contributed by atoms with Crippen molar-refractivity contribution < 1.29 is 33.2 Å². The van der Waals surface area contributed by atoms with Crippen molar-refractivity contribution in [3.63, 3.8) is 0 Å². The normalized spacial score (nSPS) is 16.7. The fourth-order valence-electron chi connectivity index (χ4n) is 4.35. The molecule has 2 aromatic rings. The molecule has 192 valence electrons. The van der Waals surface area contributed by atoms with Gasteiger partial charge in [0.2, 0.25) is 5.75 Å². The highest BCUT2D eigenvalue weighted by Gasteiger charge is 2.49. The summed E-state index contributed by atoms with van der Waals surface area (Å²) in [6.45, 7) is 3.91. The molecule has 1 aliphatic carbocycles. The van der Waals surface area contributed by atoms with E-state index in [1.165, 1.54) is 38.0 Å². The Labute approximate surface area is 215 Å². The molecule has 0 saturated carbocycles. The smallest absolute Gasteiger partial charge is 0.493 e. The van der Waals surface area contributed by atoms with Crippen molar-refractivity contribution in [3.8, 4) is 17.2 Å². The van der Waals surface area contributed by atoms with Crippen LogP contribution in [0, 0.1) is 5.92 Å². The Morgan fingerprint density at radius 1 is 1.00 bits per heavy atom. The summed E-state index contributed by atoms with van der Waals surface area (Å²) in [6, 6.07) is 9.97. The SMILES string of the molecule is COc1cc(N2C(=O)C3C=CC=CC3=[N+](CC(=O)Nc3ccc(C(C)C)cc3)C2=O)cc(OC)c1OC. The molecule has 0 fully saturated rings. The zero-order chi connectivity index (χ0) is 26.7. The van der Waals surface area contributed by atoms with Gasteiger partial charge in [0.15, 0.2) is 18.0 Å². The topological polar surface area (TPSA) is 97.2 Å². The van der Waals surface area contributed by atoms with Crippen LogP contribution < -0.4 is 24.4 Å². The number of hydrogen-bond donors (Lipinski definition) is 1. The summed E-state index contributed by atoms with van der Waals surface area (Å²) >= 11 is 0. The first-order chi connectivity index (χ1) is 17.8. The molecule has 4 amide bonds. The summed E-state index contributed by atoms with van der Waals surface area (Å²) in [5.74, 6) is -0.289. The number of amides is 4. The third-order valence-electron chi connectivity index (χ3n) is 6.29. The molecule has 1 unspecified atom stereocenters. The zero-order valence-electron chi connectivity index (χ0n) is 21.5. The highest BCUT2D eigenvalue weighted by molar-refractivity contribution is 6.26. The van der Waals surface area contributed by atoms with E-state index in [0.29, 0.717) is 34.6 Å². The molecule has 1 N–H and O–H groups in total. The van der Waals surface area contributed by atoms with Crippen LogP contribution in [0.2, 0.25) is 0 Å². The molecule has 2 aromatic carbocycles. The molecule has 0 aromatic heterocycles. The van der Waals surface area contributed by atoms with Crippen LogP contribution in [0.1, 0.15) is 25.3 Å². The number of carbonyl (C=O) groups is 3. The minimum atomic E-state index is -0.736. The number of nitrogens with one attached hydrogen (secondary N) is 1. The van der Waals surface area contributed by atoms with Gasteiger partial charge in [-0.3, -0.25) is 4.79 Å². The van der Waals surface area contributed by atoms with Crippen LogP contribution >= 0.6 is 0 Å². The van der Waals surface area contributed by atoms with E-state index >= 15 is 0 Å². The largest absolute Gasteiger partial charge is 0.506 e. The number of allylic oxidation sites excluding steroid dienone is 3. The van der Waals surface area contributed by atoms with E-state index in [1.54, 1.807) is 24.3 Å². The molecule has 0 radical (unpaired) electrons. The lowest BCUT2D eigenvalue weighted by molar-refractivity contribution is -0.416. The van der Waals surface area contributed by atoms with Crippen LogP contribution in [0.5, 0.6) is 17.2 Å². The zero-order valence-corrected chi connectivity index (χ0v) is 21.5. The first-order valence-corrected chi connectivity index (χ1v) is 11.9. The molecular formula is C28H30N3O6+. The molecule has 1 heterocycles. The number of methoxy groups -OCH3 is 3. The molecule has 37 heavy (non-hydrogen) atoms. The van der Waals surface area contributed by atoms with Gasteiger partial charge in [0.05, 0.1) is 21.3 Å². The highest BCUT2D eigenvalue weighted by Crippen LogP contribution is 2.42. The van der Waals surface area contributed by atoms with E-state index in [0.717, 1.165) is 10.5 Å². The van der Waals surface area contributed by atoms with Gasteiger partial charge in [-0.2, -0.15) is 9.37 Å². The average Bonchev–Trinajstić information content (AvgIpc) is 2.90. The fourth-order valence-corrected chi connectivity index (χ4v) is 4.35. The summed E-state index contributed by atoms with van der Waals surface area (Å²) in [7, 11) is 4.37. The first-order valence-electron chi connectivity index (χ1n) is 11.9. The van der Waals surface area contributed by atoms with Crippen molar-refractivity contribution in [2.75, 3.05) is 38.1 Å². The van der Waals surface area contributed by atoms with Gasteiger partial charge in [0, 0.05) is 17.8 Å². The predicted molar refractivity (Wildman–Crippen MR) is 140 cm³/mol. The Hall–Kier alpha value is -4.40. The molecule has 0 saturated heterocycles. The van der Waals surface area contributed by atoms with Crippen molar-refractivity contribution in [2.45, 2.75) is 19.8 Å². The average molecular weight is 505 g/mol. The molecule has 4 rings (SSSR count). The molecule has 9 nitrogen and oxygen atoms in total. The number of imide groups is 1. The van der Waals surface area contributed by atoms with Gasteiger partial charge in [-0.1, -0.05) is 44.2 Å². The van der Waals surface area contributed by atoms with Gasteiger partial charge >= 0.3 is 11.9 Å². The van der Waals surface area contributed by atoms with Crippen molar-refractivity contribution in [1.82, 2.24) is 0 Å².